The molecule has 0 aromatic carbocycles. The molecule has 1 atom stereocenters. The molecule has 6 nitrogen and oxygen atoms in total. The van der Waals surface area contributed by atoms with Gasteiger partial charge in [-0.05, 0) is 0 Å². The first-order chi connectivity index (χ1) is 5.07. The van der Waals surface area contributed by atoms with E-state index in [-0.39, 0.29) is 6.41 Å². The quantitative estimate of drug-likeness (QED) is 0.406. The van der Waals surface area contributed by atoms with Crippen molar-refractivity contribution in [2.45, 2.75) is 12.5 Å². The Morgan fingerprint density at radius 3 is 2.45 bits per heavy atom. The van der Waals surface area contributed by atoms with Crippen molar-refractivity contribution in [1.82, 2.24) is 5.32 Å². The monoisotopic (exact) mass is 160 g/mol. The minimum atomic E-state index is -1.28. The number of carboxylic acid groups (broad SMARTS) is 1. The number of carbonyl (C=O) groups excluding carboxylic acids is 2. The second kappa shape index (κ2) is 4.26. The van der Waals surface area contributed by atoms with E-state index in [0.717, 1.165) is 0 Å². The van der Waals surface area contributed by atoms with Gasteiger partial charge in [0.05, 0.1) is 6.42 Å². The zero-order chi connectivity index (χ0) is 8.85. The molecule has 0 spiro atoms. The number of rotatable bonds is 5. The van der Waals surface area contributed by atoms with Crippen LogP contribution in [0.4, 0.5) is 0 Å². The van der Waals surface area contributed by atoms with Crippen molar-refractivity contribution in [3.8, 4) is 0 Å². The van der Waals surface area contributed by atoms with Crippen molar-refractivity contribution >= 4 is 18.3 Å². The van der Waals surface area contributed by atoms with Crippen molar-refractivity contribution < 1.29 is 19.5 Å². The van der Waals surface area contributed by atoms with Gasteiger partial charge in [0.1, 0.15) is 6.04 Å². The summed E-state index contributed by atoms with van der Waals surface area (Å²) in [7, 11) is 0. The topological polar surface area (TPSA) is 109 Å². The minimum Gasteiger partial charge on any atom is -0.480 e. The van der Waals surface area contributed by atoms with Gasteiger partial charge in [-0.25, -0.2) is 4.79 Å². The molecule has 0 aliphatic rings. The van der Waals surface area contributed by atoms with E-state index in [1.165, 1.54) is 0 Å². The third-order valence-electron chi connectivity index (χ3n) is 0.973. The molecule has 62 valence electrons. The van der Waals surface area contributed by atoms with Gasteiger partial charge in [0.2, 0.25) is 12.3 Å². The summed E-state index contributed by atoms with van der Waals surface area (Å²) in [4.78, 5) is 30.2. The first-order valence-corrected chi connectivity index (χ1v) is 2.78. The van der Waals surface area contributed by atoms with Gasteiger partial charge < -0.3 is 16.2 Å². The number of hydrogen-bond donors (Lipinski definition) is 3. The molecule has 0 fully saturated rings. The fourth-order valence-electron chi connectivity index (χ4n) is 0.501. The van der Waals surface area contributed by atoms with Gasteiger partial charge in [-0.1, -0.05) is 0 Å². The number of nitrogens with one attached hydrogen (secondary N) is 1. The molecule has 0 saturated carbocycles. The van der Waals surface area contributed by atoms with Gasteiger partial charge in [0.15, 0.2) is 0 Å². The molecule has 11 heavy (non-hydrogen) atoms. The number of primary amides is 1. The summed E-state index contributed by atoms with van der Waals surface area (Å²) < 4.78 is 0. The van der Waals surface area contributed by atoms with Crippen molar-refractivity contribution in [2.75, 3.05) is 0 Å². The number of carbonyl (C=O) groups is 3. The van der Waals surface area contributed by atoms with E-state index in [2.05, 4.69) is 0 Å². The largest absolute Gasteiger partial charge is 0.480 e. The molecule has 0 aromatic heterocycles. The Morgan fingerprint density at radius 2 is 2.18 bits per heavy atom. The van der Waals surface area contributed by atoms with E-state index in [1.807, 2.05) is 5.32 Å². The number of carboxylic acids is 1. The summed E-state index contributed by atoms with van der Waals surface area (Å²) in [5.74, 6) is -2.05. The fraction of sp³-hybridized carbons (Fsp3) is 0.400. The summed E-state index contributed by atoms with van der Waals surface area (Å²) in [6.07, 6.45) is -0.185. The zero-order valence-corrected chi connectivity index (χ0v) is 5.61. The van der Waals surface area contributed by atoms with Crippen molar-refractivity contribution in [3.63, 3.8) is 0 Å². The van der Waals surface area contributed by atoms with Crippen molar-refractivity contribution in [1.29, 1.82) is 0 Å². The predicted octanol–water partition coefficient (Wildman–Crippen LogP) is -1.94. The van der Waals surface area contributed by atoms with Crippen LogP contribution in [-0.2, 0) is 14.4 Å². The van der Waals surface area contributed by atoms with Crippen molar-refractivity contribution in [2.24, 2.45) is 5.73 Å². The molecule has 2 amide bonds. The first-order valence-electron chi connectivity index (χ1n) is 2.78. The van der Waals surface area contributed by atoms with E-state index in [4.69, 9.17) is 10.8 Å². The number of hydrogen-bond acceptors (Lipinski definition) is 3. The maximum atomic E-state index is 10.2. The smallest absolute Gasteiger partial charge is 0.326 e. The average molecular weight is 160 g/mol. The van der Waals surface area contributed by atoms with Crippen LogP contribution < -0.4 is 11.1 Å². The van der Waals surface area contributed by atoms with E-state index >= 15 is 0 Å². The van der Waals surface area contributed by atoms with Crippen LogP contribution in [0, 0.1) is 0 Å². The predicted molar refractivity (Wildman–Crippen MR) is 34.4 cm³/mol. The highest BCUT2D eigenvalue weighted by molar-refractivity contribution is 5.84. The molecule has 0 aliphatic heterocycles. The maximum absolute atomic E-state index is 10.2. The van der Waals surface area contributed by atoms with E-state index in [0.29, 0.717) is 0 Å². The Hall–Kier alpha value is -1.59. The van der Waals surface area contributed by atoms with Gasteiger partial charge >= 0.3 is 5.97 Å². The lowest BCUT2D eigenvalue weighted by atomic mass is 10.2. The van der Waals surface area contributed by atoms with Gasteiger partial charge in [-0.3, -0.25) is 9.59 Å². The third kappa shape index (κ3) is 3.90. The van der Waals surface area contributed by atoms with Crippen LogP contribution >= 0.6 is 0 Å². The molecule has 0 aromatic rings. The molecule has 6 heteroatoms. The first kappa shape index (κ1) is 9.41. The molecule has 4 N–H and O–H groups in total. The number of nitrogens with two attached hydrogens (primary N) is 1. The number of aliphatic carboxylic acids is 1. The normalized spacial score (nSPS) is 11.6. The molecule has 0 radical (unpaired) electrons. The SMILES string of the molecule is NC(=O)C[C@@H](NC=O)C(=O)O. The Labute approximate surface area is 62.4 Å². The minimum absolute atomic E-state index is 0.210. The van der Waals surface area contributed by atoms with Crippen LogP contribution in [0.15, 0.2) is 0 Å². The van der Waals surface area contributed by atoms with Crippen LogP contribution in [-0.4, -0.2) is 29.4 Å². The molecule has 0 aliphatic carbocycles. The van der Waals surface area contributed by atoms with E-state index in [9.17, 15) is 14.4 Å². The van der Waals surface area contributed by atoms with E-state index in [1.54, 1.807) is 0 Å². The van der Waals surface area contributed by atoms with Crippen LogP contribution in [0.25, 0.3) is 0 Å². The van der Waals surface area contributed by atoms with Gasteiger partial charge in [0, 0.05) is 0 Å². The van der Waals surface area contributed by atoms with Gasteiger partial charge in [-0.15, -0.1) is 0 Å². The summed E-state index contributed by atoms with van der Waals surface area (Å²) in [6.45, 7) is 0. The molecular formula is C5H8N2O4. The Balaban J connectivity index is 3.99. The molecule has 0 heterocycles. The lowest BCUT2D eigenvalue weighted by Gasteiger charge is -2.06. The summed E-state index contributed by atoms with van der Waals surface area (Å²) in [5.41, 5.74) is 4.70. The van der Waals surface area contributed by atoms with Crippen molar-refractivity contribution in [3.05, 3.63) is 0 Å². The second-order valence-electron chi connectivity index (χ2n) is 1.85. The summed E-state index contributed by atoms with van der Waals surface area (Å²) in [5, 5.41) is 10.3. The third-order valence-corrected chi connectivity index (χ3v) is 0.973. The Morgan fingerprint density at radius 1 is 1.64 bits per heavy atom. The zero-order valence-electron chi connectivity index (χ0n) is 5.61. The lowest BCUT2D eigenvalue weighted by molar-refractivity contribution is -0.142. The van der Waals surface area contributed by atoms with Gasteiger partial charge in [-0.2, -0.15) is 0 Å². The van der Waals surface area contributed by atoms with Gasteiger partial charge in [0.25, 0.3) is 0 Å². The van der Waals surface area contributed by atoms with Crippen LogP contribution in [0.2, 0.25) is 0 Å². The molecule has 0 rings (SSSR count). The fourth-order valence-corrected chi connectivity index (χ4v) is 0.501. The summed E-state index contributed by atoms with van der Waals surface area (Å²) in [6, 6.07) is -1.22. The highest BCUT2D eigenvalue weighted by Crippen LogP contribution is 1.88. The summed E-state index contributed by atoms with van der Waals surface area (Å²) >= 11 is 0. The Kier molecular flexibility index (Phi) is 3.65. The average Bonchev–Trinajstić information content (AvgIpc) is 1.86. The van der Waals surface area contributed by atoms with Crippen LogP contribution in [0.3, 0.4) is 0 Å². The molecule has 0 saturated heterocycles. The Bertz CT molecular complexity index is 179. The molecule has 0 unspecified atom stereocenters. The molecule has 0 bridgehead atoms. The van der Waals surface area contributed by atoms with Crippen LogP contribution in [0.5, 0.6) is 0 Å². The van der Waals surface area contributed by atoms with E-state index < -0.39 is 24.3 Å². The maximum Gasteiger partial charge on any atom is 0.326 e. The second-order valence-corrected chi connectivity index (χ2v) is 1.85. The standard InChI is InChI=1S/C5H8N2O4/c6-4(9)1-3(5(10)11)7-2-8/h2-3H,1H2,(H2,6,9)(H,7,8)(H,10,11)/t3-/m1/s1. The molecular weight excluding hydrogens is 152 g/mol. The number of amides is 2. The lowest BCUT2D eigenvalue weighted by Crippen LogP contribution is -2.39. The highest BCUT2D eigenvalue weighted by atomic mass is 16.4. The van der Waals surface area contributed by atoms with Crippen LogP contribution in [0.1, 0.15) is 6.42 Å². The highest BCUT2D eigenvalue weighted by Gasteiger charge is 2.18.